The van der Waals surface area contributed by atoms with Crippen LogP contribution in [0.25, 0.3) is 0 Å². The minimum atomic E-state index is -1.40. The zero-order valence-corrected chi connectivity index (χ0v) is 4.70. The quantitative estimate of drug-likeness (QED) is 0.530. The molecule has 1 N–H and O–H groups in total. The number of carboxylic acids is 1. The van der Waals surface area contributed by atoms with E-state index in [1.54, 1.807) is 0 Å². The standard InChI is InChI=1S/C4H7ClO2/c1-4(2,5)3(6)7/h1-2H3,(H,6,7)/i1D. The number of alkyl halides is 1. The third-order valence-electron chi connectivity index (χ3n) is 0.446. The van der Waals surface area contributed by atoms with Crippen LogP contribution in [-0.2, 0) is 4.79 Å². The van der Waals surface area contributed by atoms with Crippen LogP contribution in [0.2, 0.25) is 0 Å². The molecule has 0 aliphatic rings. The molecule has 0 bridgehead atoms. The minimum absolute atomic E-state index is 0.302. The summed E-state index contributed by atoms with van der Waals surface area (Å²) in [4.78, 5) is 8.60. The number of carboxylic acid groups (broad SMARTS) is 1. The van der Waals surface area contributed by atoms with E-state index in [1.165, 1.54) is 6.92 Å². The third kappa shape index (κ3) is 2.45. The summed E-state index contributed by atoms with van der Waals surface area (Å²) in [6.45, 7) is 0.994. The molecule has 0 spiro atoms. The van der Waals surface area contributed by atoms with E-state index in [4.69, 9.17) is 18.1 Å². The zero-order valence-electron chi connectivity index (χ0n) is 4.94. The molecular weight excluding hydrogens is 115 g/mol. The first-order valence-electron chi connectivity index (χ1n) is 2.43. The maximum absolute atomic E-state index is 10.0. The highest BCUT2D eigenvalue weighted by Gasteiger charge is 2.22. The average molecular weight is 124 g/mol. The summed E-state index contributed by atoms with van der Waals surface area (Å²) >= 11 is 5.27. The van der Waals surface area contributed by atoms with E-state index < -0.39 is 10.8 Å². The molecule has 0 aromatic rings. The smallest absolute Gasteiger partial charge is 0.324 e. The molecule has 1 atom stereocenters. The summed E-state index contributed by atoms with van der Waals surface area (Å²) in [6.07, 6.45) is 0. The van der Waals surface area contributed by atoms with E-state index in [9.17, 15) is 4.79 Å². The summed E-state index contributed by atoms with van der Waals surface area (Å²) < 4.78 is 6.62. The van der Waals surface area contributed by atoms with Crippen molar-refractivity contribution in [3.63, 3.8) is 0 Å². The van der Waals surface area contributed by atoms with Gasteiger partial charge < -0.3 is 5.11 Å². The second kappa shape index (κ2) is 1.70. The lowest BCUT2D eigenvalue weighted by Gasteiger charge is -2.05. The van der Waals surface area contributed by atoms with Gasteiger partial charge in [-0.15, -0.1) is 11.6 Å². The molecule has 2 nitrogen and oxygen atoms in total. The maximum Gasteiger partial charge on any atom is 0.324 e. The minimum Gasteiger partial charge on any atom is -0.480 e. The van der Waals surface area contributed by atoms with E-state index >= 15 is 0 Å². The molecule has 0 radical (unpaired) electrons. The van der Waals surface area contributed by atoms with Crippen molar-refractivity contribution in [3.8, 4) is 0 Å². The largest absolute Gasteiger partial charge is 0.480 e. The second-order valence-electron chi connectivity index (χ2n) is 1.50. The van der Waals surface area contributed by atoms with Crippen LogP contribution in [-0.4, -0.2) is 16.0 Å². The van der Waals surface area contributed by atoms with E-state index in [2.05, 4.69) is 0 Å². The van der Waals surface area contributed by atoms with Gasteiger partial charge in [0.15, 0.2) is 0 Å². The van der Waals surface area contributed by atoms with Crippen molar-refractivity contribution in [1.82, 2.24) is 0 Å². The maximum atomic E-state index is 10.0. The van der Waals surface area contributed by atoms with Gasteiger partial charge in [0.25, 0.3) is 0 Å². The number of rotatable bonds is 1. The van der Waals surface area contributed by atoms with Crippen molar-refractivity contribution in [2.45, 2.75) is 18.7 Å². The Hall–Kier alpha value is -0.240. The van der Waals surface area contributed by atoms with Crippen molar-refractivity contribution in [2.24, 2.45) is 0 Å². The van der Waals surface area contributed by atoms with Crippen LogP contribution in [0.1, 0.15) is 15.2 Å². The summed E-state index contributed by atoms with van der Waals surface area (Å²) in [7, 11) is 0. The van der Waals surface area contributed by atoms with Crippen LogP contribution in [0, 0.1) is 0 Å². The van der Waals surface area contributed by atoms with Gasteiger partial charge in [-0.05, 0) is 13.8 Å². The predicted octanol–water partition coefficient (Wildman–Crippen LogP) is 1.09. The van der Waals surface area contributed by atoms with Gasteiger partial charge in [-0.2, -0.15) is 0 Å². The van der Waals surface area contributed by atoms with Crippen LogP contribution in [0.3, 0.4) is 0 Å². The summed E-state index contributed by atoms with van der Waals surface area (Å²) in [5.74, 6) is -1.14. The molecule has 0 aliphatic heterocycles. The normalized spacial score (nSPS) is 20.0. The molecule has 0 aromatic carbocycles. The molecule has 0 amide bonds. The number of carbonyl (C=O) groups is 1. The molecule has 0 aromatic heterocycles. The third-order valence-corrected chi connectivity index (χ3v) is 0.608. The Morgan fingerprint density at radius 1 is 2.14 bits per heavy atom. The van der Waals surface area contributed by atoms with Gasteiger partial charge >= 0.3 is 5.97 Å². The Bertz CT molecular complexity index is 102. The molecule has 0 rings (SSSR count). The van der Waals surface area contributed by atoms with Gasteiger partial charge in [0, 0.05) is 1.37 Å². The summed E-state index contributed by atoms with van der Waals surface area (Å²) in [6, 6.07) is 0. The van der Waals surface area contributed by atoms with Crippen LogP contribution in [0.4, 0.5) is 0 Å². The predicted molar refractivity (Wildman–Crippen MR) is 27.6 cm³/mol. The topological polar surface area (TPSA) is 37.3 Å². The Kier molecular flexibility index (Phi) is 1.19. The number of halogens is 1. The van der Waals surface area contributed by atoms with Crippen molar-refractivity contribution in [3.05, 3.63) is 0 Å². The highest BCUT2D eigenvalue weighted by atomic mass is 35.5. The van der Waals surface area contributed by atoms with E-state index in [-0.39, 0.29) is 6.90 Å². The van der Waals surface area contributed by atoms with Crippen molar-refractivity contribution < 1.29 is 11.3 Å². The van der Waals surface area contributed by atoms with Crippen molar-refractivity contribution in [1.29, 1.82) is 0 Å². The first-order chi connectivity index (χ1) is 3.50. The van der Waals surface area contributed by atoms with Crippen LogP contribution >= 0.6 is 11.6 Å². The molecule has 1 unspecified atom stereocenters. The lowest BCUT2D eigenvalue weighted by molar-refractivity contribution is -0.139. The highest BCUT2D eigenvalue weighted by Crippen LogP contribution is 2.10. The van der Waals surface area contributed by atoms with Crippen molar-refractivity contribution >= 4 is 17.6 Å². The zero-order chi connectivity index (χ0) is 6.78. The molecular formula is C4H7ClO2. The molecule has 0 heterocycles. The van der Waals surface area contributed by atoms with E-state index in [0.717, 1.165) is 0 Å². The first kappa shape index (κ1) is 4.91. The fourth-order valence-corrected chi connectivity index (χ4v) is 0. The fourth-order valence-electron chi connectivity index (χ4n) is 0. The lowest BCUT2D eigenvalue weighted by atomic mass is 10.2. The summed E-state index contributed by atoms with van der Waals surface area (Å²) in [5.41, 5.74) is 0. The molecule has 0 aliphatic carbocycles. The molecule has 0 fully saturated rings. The van der Waals surface area contributed by atoms with Gasteiger partial charge in [-0.1, -0.05) is 0 Å². The van der Waals surface area contributed by atoms with Gasteiger partial charge in [-0.25, -0.2) is 0 Å². The number of hydrogen-bond acceptors (Lipinski definition) is 1. The lowest BCUT2D eigenvalue weighted by Crippen LogP contribution is -2.23. The highest BCUT2D eigenvalue weighted by molar-refractivity contribution is 6.33. The fraction of sp³-hybridized carbons (Fsp3) is 0.750. The SMILES string of the molecule is [2H]CC(C)(Cl)C(=O)O. The second-order valence-corrected chi connectivity index (χ2v) is 2.34. The van der Waals surface area contributed by atoms with Crippen LogP contribution < -0.4 is 0 Å². The van der Waals surface area contributed by atoms with Gasteiger partial charge in [0.1, 0.15) is 4.87 Å². The van der Waals surface area contributed by atoms with E-state index in [1.807, 2.05) is 0 Å². The van der Waals surface area contributed by atoms with Gasteiger partial charge in [-0.3, -0.25) is 4.79 Å². The Morgan fingerprint density at radius 3 is 2.57 bits per heavy atom. The molecule has 0 saturated carbocycles. The monoisotopic (exact) mass is 123 g/mol. The molecule has 3 heteroatoms. The van der Waals surface area contributed by atoms with Crippen LogP contribution in [0.5, 0.6) is 0 Å². The first-order valence-corrected chi connectivity index (χ1v) is 2.10. The average Bonchev–Trinajstić information content (AvgIpc) is 1.67. The van der Waals surface area contributed by atoms with Crippen molar-refractivity contribution in [2.75, 3.05) is 0 Å². The molecule has 42 valence electrons. The Balaban J connectivity index is 3.91. The number of hydrogen-bond donors (Lipinski definition) is 1. The van der Waals surface area contributed by atoms with Gasteiger partial charge in [0.05, 0.1) is 0 Å². The molecule has 7 heavy (non-hydrogen) atoms. The Labute approximate surface area is 48.5 Å². The molecule has 0 saturated heterocycles. The number of aliphatic carboxylic acids is 1. The van der Waals surface area contributed by atoms with E-state index in [0.29, 0.717) is 0 Å². The Morgan fingerprint density at radius 2 is 2.57 bits per heavy atom. The van der Waals surface area contributed by atoms with Crippen LogP contribution in [0.15, 0.2) is 0 Å². The summed E-state index contributed by atoms with van der Waals surface area (Å²) in [5, 5.41) is 8.19. The van der Waals surface area contributed by atoms with Gasteiger partial charge in [0.2, 0.25) is 0 Å².